The predicted molar refractivity (Wildman–Crippen MR) is 139 cm³/mol. The van der Waals surface area contributed by atoms with Gasteiger partial charge in [-0.25, -0.2) is 4.98 Å². The second kappa shape index (κ2) is 9.65. The molecule has 4 rings (SSSR count). The number of hydrogen-bond donors (Lipinski definition) is 3. The van der Waals surface area contributed by atoms with Gasteiger partial charge in [0.1, 0.15) is 11.3 Å². The Morgan fingerprint density at radius 2 is 1.82 bits per heavy atom. The van der Waals surface area contributed by atoms with Gasteiger partial charge in [-0.1, -0.05) is 37.1 Å². The summed E-state index contributed by atoms with van der Waals surface area (Å²) < 4.78 is 5.91. The first kappa shape index (κ1) is 23.4. The Bertz CT molecular complexity index is 1370. The maximum absolute atomic E-state index is 12.6. The number of thiocarbonyl (C=S) groups is 1. The van der Waals surface area contributed by atoms with Gasteiger partial charge in [0.05, 0.1) is 5.56 Å². The van der Waals surface area contributed by atoms with Gasteiger partial charge >= 0.3 is 0 Å². The van der Waals surface area contributed by atoms with Gasteiger partial charge in [0.2, 0.25) is 5.89 Å². The van der Waals surface area contributed by atoms with E-state index in [1.165, 1.54) is 11.6 Å². The van der Waals surface area contributed by atoms with Crippen LogP contribution < -0.4 is 10.6 Å². The zero-order chi connectivity index (χ0) is 24.4. The number of nitrogens with zero attached hydrogens (tertiary/aromatic N) is 1. The molecule has 6 nitrogen and oxygen atoms in total. The lowest BCUT2D eigenvalue weighted by atomic mass is 9.98. The smallest absolute Gasteiger partial charge is 0.257 e. The van der Waals surface area contributed by atoms with Crippen LogP contribution in [0.1, 0.15) is 53.2 Å². The minimum atomic E-state index is -0.292. The number of aryl methyl sites for hydroxylation is 2. The molecule has 0 saturated carbocycles. The molecule has 0 aliphatic rings. The van der Waals surface area contributed by atoms with Crippen LogP contribution in [0.25, 0.3) is 22.6 Å². The fraction of sp³-hybridized carbons (Fsp3) is 0.222. The lowest BCUT2D eigenvalue weighted by Crippen LogP contribution is -2.34. The molecule has 7 heteroatoms. The highest BCUT2D eigenvalue weighted by Gasteiger charge is 2.16. The molecule has 1 atom stereocenters. The summed E-state index contributed by atoms with van der Waals surface area (Å²) in [6.45, 7) is 8.20. The van der Waals surface area contributed by atoms with Crippen LogP contribution in [-0.4, -0.2) is 21.1 Å². The molecule has 0 radical (unpaired) electrons. The maximum atomic E-state index is 12.6. The summed E-state index contributed by atoms with van der Waals surface area (Å²) in [4.78, 5) is 17.2. The molecule has 3 N–H and O–H groups in total. The third kappa shape index (κ3) is 5.10. The van der Waals surface area contributed by atoms with E-state index in [-0.39, 0.29) is 16.8 Å². The molecule has 1 amide bonds. The molecule has 0 aliphatic carbocycles. The van der Waals surface area contributed by atoms with Crippen molar-refractivity contribution in [1.29, 1.82) is 0 Å². The van der Waals surface area contributed by atoms with E-state index in [2.05, 4.69) is 29.5 Å². The van der Waals surface area contributed by atoms with E-state index in [4.69, 9.17) is 16.6 Å². The van der Waals surface area contributed by atoms with Crippen molar-refractivity contribution >= 4 is 40.0 Å². The summed E-state index contributed by atoms with van der Waals surface area (Å²) in [6.07, 6.45) is 1.03. The normalized spacial score (nSPS) is 11.9. The third-order valence-corrected chi connectivity index (χ3v) is 5.99. The van der Waals surface area contributed by atoms with Gasteiger partial charge in [-0.2, -0.15) is 0 Å². The molecule has 0 fully saturated rings. The summed E-state index contributed by atoms with van der Waals surface area (Å²) in [7, 11) is 0. The highest BCUT2D eigenvalue weighted by molar-refractivity contribution is 7.80. The first-order valence-corrected chi connectivity index (χ1v) is 11.6. The predicted octanol–water partition coefficient (Wildman–Crippen LogP) is 6.46. The standard InChI is InChI=1S/C27H27N3O3S/c1-5-17(4)18-6-9-24-22(13-18)29-26(33-24)21-14-20(7-8-23(21)31)28-27(34)30-25(32)19-11-15(2)10-16(3)12-19/h6-14,17,31H,5H2,1-4H3,(H2,28,30,32,34)/t17-/m1/s1. The Balaban J connectivity index is 1.54. The Hall–Kier alpha value is -3.71. The number of amides is 1. The van der Waals surface area contributed by atoms with E-state index in [9.17, 15) is 9.90 Å². The number of phenolic OH excluding ortho intramolecular Hbond substituents is 1. The third-order valence-electron chi connectivity index (χ3n) is 5.79. The number of anilines is 1. The summed E-state index contributed by atoms with van der Waals surface area (Å²) in [6, 6.07) is 16.5. The number of carbonyl (C=O) groups is 1. The van der Waals surface area contributed by atoms with Crippen molar-refractivity contribution in [2.75, 3.05) is 5.32 Å². The van der Waals surface area contributed by atoms with Crippen molar-refractivity contribution in [3.8, 4) is 17.2 Å². The Morgan fingerprint density at radius 1 is 1.09 bits per heavy atom. The molecule has 0 spiro atoms. The number of rotatable bonds is 5. The topological polar surface area (TPSA) is 87.4 Å². The average molecular weight is 474 g/mol. The van der Waals surface area contributed by atoms with E-state index in [1.807, 2.05) is 50.2 Å². The Kier molecular flexibility index (Phi) is 6.65. The van der Waals surface area contributed by atoms with Crippen LogP contribution in [0.3, 0.4) is 0 Å². The molecule has 4 aromatic rings. The van der Waals surface area contributed by atoms with Crippen molar-refractivity contribution in [3.05, 3.63) is 76.9 Å². The van der Waals surface area contributed by atoms with E-state index >= 15 is 0 Å². The first-order chi connectivity index (χ1) is 16.2. The fourth-order valence-electron chi connectivity index (χ4n) is 3.83. The molecule has 1 heterocycles. The van der Waals surface area contributed by atoms with Crippen LogP contribution in [0.15, 0.2) is 59.0 Å². The molecular formula is C27H27N3O3S. The number of carbonyl (C=O) groups excluding carboxylic acids is 1. The van der Waals surface area contributed by atoms with Gasteiger partial charge in [0.25, 0.3) is 5.91 Å². The average Bonchev–Trinajstić information content (AvgIpc) is 3.22. The van der Waals surface area contributed by atoms with Gasteiger partial charge in [0, 0.05) is 11.3 Å². The van der Waals surface area contributed by atoms with Crippen molar-refractivity contribution < 1.29 is 14.3 Å². The summed E-state index contributed by atoms with van der Waals surface area (Å²) in [5.41, 5.74) is 6.13. The van der Waals surface area contributed by atoms with Crippen molar-refractivity contribution in [2.24, 2.45) is 0 Å². The van der Waals surface area contributed by atoms with Crippen molar-refractivity contribution in [3.63, 3.8) is 0 Å². The summed E-state index contributed by atoms with van der Waals surface area (Å²) >= 11 is 5.33. The summed E-state index contributed by atoms with van der Waals surface area (Å²) in [5.74, 6) is 0.469. The SMILES string of the molecule is CC[C@@H](C)c1ccc2oc(-c3cc(NC(=S)NC(=O)c4cc(C)cc(C)c4)ccc3O)nc2c1. The van der Waals surface area contributed by atoms with Gasteiger partial charge in [-0.05, 0) is 86.4 Å². The number of oxazole rings is 1. The monoisotopic (exact) mass is 473 g/mol. The van der Waals surface area contributed by atoms with Crippen molar-refractivity contribution in [1.82, 2.24) is 10.3 Å². The minimum absolute atomic E-state index is 0.0319. The lowest BCUT2D eigenvalue weighted by Gasteiger charge is -2.11. The number of hydrogen-bond acceptors (Lipinski definition) is 5. The number of nitrogens with one attached hydrogen (secondary N) is 2. The van der Waals surface area contributed by atoms with E-state index in [0.29, 0.717) is 34.2 Å². The highest BCUT2D eigenvalue weighted by Crippen LogP contribution is 2.34. The molecule has 34 heavy (non-hydrogen) atoms. The lowest BCUT2D eigenvalue weighted by molar-refractivity contribution is 0.0977. The second-order valence-electron chi connectivity index (χ2n) is 8.57. The van der Waals surface area contributed by atoms with Crippen LogP contribution in [0.2, 0.25) is 0 Å². The van der Waals surface area contributed by atoms with E-state index in [1.54, 1.807) is 12.1 Å². The maximum Gasteiger partial charge on any atom is 0.257 e. The molecule has 0 unspecified atom stereocenters. The van der Waals surface area contributed by atoms with Gasteiger partial charge in [-0.3, -0.25) is 10.1 Å². The van der Waals surface area contributed by atoms with Crippen LogP contribution in [-0.2, 0) is 0 Å². The van der Waals surface area contributed by atoms with Crippen LogP contribution in [0.5, 0.6) is 5.75 Å². The second-order valence-corrected chi connectivity index (χ2v) is 8.98. The zero-order valence-electron chi connectivity index (χ0n) is 19.6. The van der Waals surface area contributed by atoms with Crippen LogP contribution in [0.4, 0.5) is 5.69 Å². The number of aromatic hydroxyl groups is 1. The van der Waals surface area contributed by atoms with Gasteiger partial charge in [-0.15, -0.1) is 0 Å². The highest BCUT2D eigenvalue weighted by atomic mass is 32.1. The zero-order valence-corrected chi connectivity index (χ0v) is 20.4. The fourth-order valence-corrected chi connectivity index (χ4v) is 4.04. The quantitative estimate of drug-likeness (QED) is 0.228. The molecule has 174 valence electrons. The van der Waals surface area contributed by atoms with Gasteiger partial charge < -0.3 is 14.8 Å². The van der Waals surface area contributed by atoms with Crippen LogP contribution >= 0.6 is 12.2 Å². The molecule has 0 saturated heterocycles. The van der Waals surface area contributed by atoms with Crippen LogP contribution in [0, 0.1) is 13.8 Å². The molecule has 0 aliphatic heterocycles. The Labute approximate surface area is 204 Å². The molecule has 3 aromatic carbocycles. The summed E-state index contributed by atoms with van der Waals surface area (Å²) in [5, 5.41) is 16.3. The van der Waals surface area contributed by atoms with Crippen molar-refractivity contribution in [2.45, 2.75) is 40.0 Å². The number of fused-ring (bicyclic) bond motifs is 1. The molecule has 1 aromatic heterocycles. The molecular weight excluding hydrogens is 446 g/mol. The van der Waals surface area contributed by atoms with E-state index in [0.717, 1.165) is 23.1 Å². The van der Waals surface area contributed by atoms with E-state index < -0.39 is 0 Å². The Morgan fingerprint density at radius 3 is 2.53 bits per heavy atom. The largest absolute Gasteiger partial charge is 0.507 e. The number of benzene rings is 3. The number of aromatic nitrogens is 1. The first-order valence-electron chi connectivity index (χ1n) is 11.2. The minimum Gasteiger partial charge on any atom is -0.507 e. The molecule has 0 bridgehead atoms. The van der Waals surface area contributed by atoms with Gasteiger partial charge in [0.15, 0.2) is 10.7 Å². The number of phenols is 1.